The Morgan fingerprint density at radius 1 is 1.47 bits per heavy atom. The van der Waals surface area contributed by atoms with Crippen LogP contribution in [-0.2, 0) is 0 Å². The van der Waals surface area contributed by atoms with Crippen LogP contribution in [0.2, 0.25) is 0 Å². The fourth-order valence-electron chi connectivity index (χ4n) is 2.98. The van der Waals surface area contributed by atoms with Crippen molar-refractivity contribution in [1.82, 2.24) is 10.6 Å². The fourth-order valence-corrected chi connectivity index (χ4v) is 2.98. The first kappa shape index (κ1) is 14.4. The van der Waals surface area contributed by atoms with E-state index in [-0.39, 0.29) is 0 Å². The van der Waals surface area contributed by atoms with Gasteiger partial charge in [-0.2, -0.15) is 0 Å². The highest BCUT2D eigenvalue weighted by Crippen LogP contribution is 2.31. The van der Waals surface area contributed by atoms with Crippen molar-refractivity contribution in [2.45, 2.75) is 32.2 Å². The SMILES string of the molecule is CNC(CC1CCCNC1)c1cc(C)ccc1OC. The molecule has 3 heteroatoms. The zero-order valence-electron chi connectivity index (χ0n) is 12.3. The summed E-state index contributed by atoms with van der Waals surface area (Å²) in [5.41, 5.74) is 2.58. The zero-order chi connectivity index (χ0) is 13.7. The van der Waals surface area contributed by atoms with Crippen molar-refractivity contribution in [3.63, 3.8) is 0 Å². The molecule has 1 aliphatic heterocycles. The third-order valence-electron chi connectivity index (χ3n) is 4.08. The predicted molar refractivity (Wildman–Crippen MR) is 79.7 cm³/mol. The fraction of sp³-hybridized carbons (Fsp3) is 0.625. The topological polar surface area (TPSA) is 33.3 Å². The first-order valence-corrected chi connectivity index (χ1v) is 7.27. The van der Waals surface area contributed by atoms with E-state index in [0.717, 1.165) is 18.2 Å². The second kappa shape index (κ2) is 6.92. The van der Waals surface area contributed by atoms with Gasteiger partial charge in [-0.15, -0.1) is 0 Å². The summed E-state index contributed by atoms with van der Waals surface area (Å²) in [6.07, 6.45) is 3.80. The molecule has 19 heavy (non-hydrogen) atoms. The molecule has 0 aromatic heterocycles. The highest BCUT2D eigenvalue weighted by molar-refractivity contribution is 5.39. The van der Waals surface area contributed by atoms with Crippen molar-refractivity contribution >= 4 is 0 Å². The minimum atomic E-state index is 0.375. The van der Waals surface area contributed by atoms with Gasteiger partial charge in [-0.1, -0.05) is 17.7 Å². The molecule has 3 nitrogen and oxygen atoms in total. The van der Waals surface area contributed by atoms with Gasteiger partial charge < -0.3 is 15.4 Å². The molecule has 1 aliphatic rings. The molecule has 0 radical (unpaired) electrons. The molecule has 0 aliphatic carbocycles. The zero-order valence-corrected chi connectivity index (χ0v) is 12.3. The average Bonchev–Trinajstić information content (AvgIpc) is 2.46. The van der Waals surface area contributed by atoms with Crippen LogP contribution in [0.15, 0.2) is 18.2 Å². The Labute approximate surface area is 116 Å². The van der Waals surface area contributed by atoms with Crippen LogP contribution in [0.3, 0.4) is 0 Å². The molecule has 1 heterocycles. The van der Waals surface area contributed by atoms with Crippen LogP contribution in [0, 0.1) is 12.8 Å². The average molecular weight is 262 g/mol. The first-order valence-electron chi connectivity index (χ1n) is 7.27. The van der Waals surface area contributed by atoms with E-state index in [1.54, 1.807) is 7.11 Å². The highest BCUT2D eigenvalue weighted by atomic mass is 16.5. The standard InChI is InChI=1S/C16H26N2O/c1-12-6-7-16(19-3)14(9-12)15(17-2)10-13-5-4-8-18-11-13/h6-7,9,13,15,17-18H,4-5,8,10-11H2,1-3H3. The molecule has 0 amide bonds. The van der Waals surface area contributed by atoms with Gasteiger partial charge in [-0.05, 0) is 58.3 Å². The Balaban J connectivity index is 2.13. The van der Waals surface area contributed by atoms with Crippen molar-refractivity contribution < 1.29 is 4.74 Å². The smallest absolute Gasteiger partial charge is 0.123 e. The maximum atomic E-state index is 5.52. The van der Waals surface area contributed by atoms with Gasteiger partial charge in [0.05, 0.1) is 7.11 Å². The summed E-state index contributed by atoms with van der Waals surface area (Å²) in [7, 11) is 3.80. The van der Waals surface area contributed by atoms with Gasteiger partial charge in [0.2, 0.25) is 0 Å². The molecule has 2 rings (SSSR count). The van der Waals surface area contributed by atoms with Crippen LogP contribution >= 0.6 is 0 Å². The molecule has 0 spiro atoms. The number of hydrogen-bond acceptors (Lipinski definition) is 3. The molecule has 2 unspecified atom stereocenters. The van der Waals surface area contributed by atoms with Gasteiger partial charge in [0.15, 0.2) is 0 Å². The van der Waals surface area contributed by atoms with Crippen molar-refractivity contribution in [1.29, 1.82) is 0 Å². The van der Waals surface area contributed by atoms with Crippen molar-refractivity contribution in [2.75, 3.05) is 27.2 Å². The third-order valence-corrected chi connectivity index (χ3v) is 4.08. The molecule has 106 valence electrons. The summed E-state index contributed by atoms with van der Waals surface area (Å²) in [6, 6.07) is 6.81. The highest BCUT2D eigenvalue weighted by Gasteiger charge is 2.21. The number of nitrogens with one attached hydrogen (secondary N) is 2. The second-order valence-electron chi connectivity index (χ2n) is 5.53. The summed E-state index contributed by atoms with van der Waals surface area (Å²) in [5.74, 6) is 1.75. The monoisotopic (exact) mass is 262 g/mol. The van der Waals surface area contributed by atoms with Crippen molar-refractivity contribution in [3.8, 4) is 5.75 Å². The van der Waals surface area contributed by atoms with Crippen molar-refractivity contribution in [3.05, 3.63) is 29.3 Å². The molecule has 1 aromatic rings. The maximum Gasteiger partial charge on any atom is 0.123 e. The van der Waals surface area contributed by atoms with Crippen molar-refractivity contribution in [2.24, 2.45) is 5.92 Å². The van der Waals surface area contributed by atoms with E-state index in [1.807, 2.05) is 7.05 Å². The van der Waals surface area contributed by atoms with Crippen LogP contribution in [0.4, 0.5) is 0 Å². The Morgan fingerprint density at radius 2 is 2.32 bits per heavy atom. The summed E-state index contributed by atoms with van der Waals surface area (Å²) < 4.78 is 5.52. The molecular formula is C16H26N2O. The van der Waals surface area contributed by atoms with E-state index in [2.05, 4.69) is 35.8 Å². The molecule has 2 atom stereocenters. The van der Waals surface area contributed by atoms with E-state index >= 15 is 0 Å². The Hall–Kier alpha value is -1.06. The lowest BCUT2D eigenvalue weighted by Crippen LogP contribution is -2.32. The summed E-state index contributed by atoms with van der Waals surface area (Å²) in [5, 5.41) is 6.96. The normalized spacial score (nSPS) is 21.1. The van der Waals surface area contributed by atoms with E-state index in [4.69, 9.17) is 4.74 Å². The van der Waals surface area contributed by atoms with Crippen LogP contribution in [-0.4, -0.2) is 27.2 Å². The lowest BCUT2D eigenvalue weighted by molar-refractivity contribution is 0.316. The Morgan fingerprint density at radius 3 is 2.95 bits per heavy atom. The van der Waals surface area contributed by atoms with Crippen LogP contribution in [0.1, 0.15) is 36.4 Å². The van der Waals surface area contributed by atoms with Crippen LogP contribution in [0.5, 0.6) is 5.75 Å². The predicted octanol–water partition coefficient (Wildman–Crippen LogP) is 2.65. The minimum Gasteiger partial charge on any atom is -0.496 e. The lowest BCUT2D eigenvalue weighted by atomic mass is 9.89. The molecule has 0 saturated carbocycles. The third kappa shape index (κ3) is 3.71. The van der Waals surface area contributed by atoms with Gasteiger partial charge >= 0.3 is 0 Å². The number of ether oxygens (including phenoxy) is 1. The number of benzene rings is 1. The summed E-state index contributed by atoms with van der Waals surface area (Å²) >= 11 is 0. The largest absolute Gasteiger partial charge is 0.496 e. The number of methoxy groups -OCH3 is 1. The Bertz CT molecular complexity index is 400. The Kier molecular flexibility index (Phi) is 5.23. The van der Waals surface area contributed by atoms with Gasteiger partial charge in [0.25, 0.3) is 0 Å². The number of rotatable bonds is 5. The van der Waals surface area contributed by atoms with E-state index < -0.39 is 0 Å². The number of aryl methyl sites for hydroxylation is 1. The maximum absolute atomic E-state index is 5.52. The molecular weight excluding hydrogens is 236 g/mol. The minimum absolute atomic E-state index is 0.375. The number of hydrogen-bond donors (Lipinski definition) is 2. The quantitative estimate of drug-likeness (QED) is 0.856. The van der Waals surface area contributed by atoms with Crippen LogP contribution in [0.25, 0.3) is 0 Å². The lowest BCUT2D eigenvalue weighted by Gasteiger charge is -2.28. The molecule has 1 fully saturated rings. The van der Waals surface area contributed by atoms with E-state index in [0.29, 0.717) is 6.04 Å². The van der Waals surface area contributed by atoms with Crippen LogP contribution < -0.4 is 15.4 Å². The molecule has 1 saturated heterocycles. The second-order valence-corrected chi connectivity index (χ2v) is 5.53. The van der Waals surface area contributed by atoms with Gasteiger partial charge in [0.1, 0.15) is 5.75 Å². The summed E-state index contributed by atoms with van der Waals surface area (Å²) in [4.78, 5) is 0. The molecule has 2 N–H and O–H groups in total. The molecule has 1 aromatic carbocycles. The van der Waals surface area contributed by atoms with Gasteiger partial charge in [0, 0.05) is 11.6 Å². The van der Waals surface area contributed by atoms with Gasteiger partial charge in [-0.3, -0.25) is 0 Å². The number of piperidine rings is 1. The van der Waals surface area contributed by atoms with E-state index in [9.17, 15) is 0 Å². The summed E-state index contributed by atoms with van der Waals surface area (Å²) in [6.45, 7) is 4.46. The first-order chi connectivity index (χ1) is 9.24. The molecule has 0 bridgehead atoms. The van der Waals surface area contributed by atoms with E-state index in [1.165, 1.54) is 36.9 Å². The van der Waals surface area contributed by atoms with Gasteiger partial charge in [-0.25, -0.2) is 0 Å².